The van der Waals surface area contributed by atoms with Gasteiger partial charge in [-0.15, -0.1) is 11.3 Å². The first-order valence-corrected chi connectivity index (χ1v) is 10.8. The zero-order valence-corrected chi connectivity index (χ0v) is 17.4. The smallest absolute Gasteiger partial charge is 0.262 e. The average molecular weight is 412 g/mol. The summed E-state index contributed by atoms with van der Waals surface area (Å²) in [5, 5.41) is 0.737. The highest BCUT2D eigenvalue weighted by molar-refractivity contribution is 7.18. The maximum absolute atomic E-state index is 12.9. The Morgan fingerprint density at radius 1 is 1.28 bits per heavy atom. The molecule has 0 saturated carbocycles. The molecule has 0 fully saturated rings. The molecule has 0 spiro atoms. The van der Waals surface area contributed by atoms with Crippen LogP contribution in [0.2, 0.25) is 0 Å². The molecule has 1 amide bonds. The molecule has 0 unspecified atom stereocenters. The van der Waals surface area contributed by atoms with Crippen LogP contribution in [0.4, 0.5) is 0 Å². The van der Waals surface area contributed by atoms with Gasteiger partial charge < -0.3 is 9.64 Å². The largest absolute Gasteiger partial charge is 0.385 e. The fourth-order valence-corrected chi connectivity index (χ4v) is 5.02. The van der Waals surface area contributed by atoms with Gasteiger partial charge in [0.15, 0.2) is 0 Å². The molecule has 0 atom stereocenters. The number of rotatable bonds is 7. The van der Waals surface area contributed by atoms with Gasteiger partial charge in [-0.3, -0.25) is 14.2 Å². The normalized spacial score (nSPS) is 13.6. The number of benzene rings is 1. The second-order valence-corrected chi connectivity index (χ2v) is 8.41. The lowest BCUT2D eigenvalue weighted by molar-refractivity contribution is -0.132. The SMILES string of the molecule is COCCCn1cnc2sc3c(c2c1=O)CCN(C(=O)CCc1ccccc1)C3. The van der Waals surface area contributed by atoms with Gasteiger partial charge in [-0.05, 0) is 30.4 Å². The number of nitrogens with zero attached hydrogens (tertiary/aromatic N) is 3. The van der Waals surface area contributed by atoms with E-state index in [1.54, 1.807) is 29.3 Å². The van der Waals surface area contributed by atoms with E-state index in [9.17, 15) is 9.59 Å². The Kier molecular flexibility index (Phi) is 6.06. The van der Waals surface area contributed by atoms with E-state index in [1.807, 2.05) is 23.1 Å². The van der Waals surface area contributed by atoms with E-state index in [-0.39, 0.29) is 11.5 Å². The van der Waals surface area contributed by atoms with E-state index in [4.69, 9.17) is 4.74 Å². The summed E-state index contributed by atoms with van der Waals surface area (Å²) in [7, 11) is 1.66. The molecule has 6 nitrogen and oxygen atoms in total. The topological polar surface area (TPSA) is 64.4 Å². The van der Waals surface area contributed by atoms with Crippen LogP contribution >= 0.6 is 11.3 Å². The molecule has 1 aliphatic rings. The number of thiophene rings is 1. The van der Waals surface area contributed by atoms with E-state index >= 15 is 0 Å². The van der Waals surface area contributed by atoms with Crippen LogP contribution in [0.3, 0.4) is 0 Å². The first-order chi connectivity index (χ1) is 14.2. The molecule has 1 aliphatic heterocycles. The number of methoxy groups -OCH3 is 1. The molecule has 2 aromatic heterocycles. The Hall–Kier alpha value is -2.51. The van der Waals surface area contributed by atoms with Gasteiger partial charge in [0, 0.05) is 38.1 Å². The van der Waals surface area contributed by atoms with Gasteiger partial charge >= 0.3 is 0 Å². The van der Waals surface area contributed by atoms with Crippen molar-refractivity contribution in [2.24, 2.45) is 0 Å². The number of carbonyl (C=O) groups excluding carboxylic acids is 1. The third-order valence-corrected chi connectivity index (χ3v) is 6.52. The van der Waals surface area contributed by atoms with Crippen molar-refractivity contribution >= 4 is 27.5 Å². The number of aryl methyl sites for hydroxylation is 2. The fraction of sp³-hybridized carbons (Fsp3) is 0.409. The van der Waals surface area contributed by atoms with Crippen molar-refractivity contribution in [3.63, 3.8) is 0 Å². The first kappa shape index (κ1) is 19.8. The third kappa shape index (κ3) is 4.26. The number of hydrogen-bond acceptors (Lipinski definition) is 5. The van der Waals surface area contributed by atoms with E-state index in [1.165, 1.54) is 5.56 Å². The van der Waals surface area contributed by atoms with Crippen molar-refractivity contribution in [2.45, 2.75) is 38.8 Å². The van der Waals surface area contributed by atoms with Gasteiger partial charge in [-0.25, -0.2) is 4.98 Å². The second kappa shape index (κ2) is 8.88. The monoisotopic (exact) mass is 411 g/mol. The molecule has 7 heteroatoms. The summed E-state index contributed by atoms with van der Waals surface area (Å²) in [6.07, 6.45) is 4.38. The quantitative estimate of drug-likeness (QED) is 0.561. The van der Waals surface area contributed by atoms with Crippen molar-refractivity contribution in [1.82, 2.24) is 14.5 Å². The summed E-state index contributed by atoms with van der Waals surface area (Å²) < 4.78 is 6.75. The molecule has 29 heavy (non-hydrogen) atoms. The van der Waals surface area contributed by atoms with Crippen molar-refractivity contribution in [3.05, 3.63) is 63.0 Å². The zero-order chi connectivity index (χ0) is 20.2. The van der Waals surface area contributed by atoms with Crippen molar-refractivity contribution in [3.8, 4) is 0 Å². The Labute approximate surface area is 173 Å². The molecule has 3 heterocycles. The Bertz CT molecular complexity index is 1060. The minimum Gasteiger partial charge on any atom is -0.385 e. The minimum atomic E-state index is 0.0208. The number of aromatic nitrogens is 2. The highest BCUT2D eigenvalue weighted by Gasteiger charge is 2.26. The van der Waals surface area contributed by atoms with Crippen molar-refractivity contribution in [1.29, 1.82) is 0 Å². The minimum absolute atomic E-state index is 0.0208. The highest BCUT2D eigenvalue weighted by Crippen LogP contribution is 2.32. The Balaban J connectivity index is 1.48. The maximum Gasteiger partial charge on any atom is 0.262 e. The van der Waals surface area contributed by atoms with Gasteiger partial charge in [0.1, 0.15) is 4.83 Å². The van der Waals surface area contributed by atoms with Crippen LogP contribution in [0.5, 0.6) is 0 Å². The molecule has 4 rings (SSSR count). The average Bonchev–Trinajstić information content (AvgIpc) is 3.13. The molecular weight excluding hydrogens is 386 g/mol. The van der Waals surface area contributed by atoms with E-state index < -0.39 is 0 Å². The summed E-state index contributed by atoms with van der Waals surface area (Å²) >= 11 is 1.54. The van der Waals surface area contributed by atoms with E-state index in [0.29, 0.717) is 39.1 Å². The number of fused-ring (bicyclic) bond motifs is 3. The predicted octanol–water partition coefficient (Wildman–Crippen LogP) is 3.01. The zero-order valence-electron chi connectivity index (χ0n) is 16.6. The number of hydrogen-bond donors (Lipinski definition) is 0. The van der Waals surface area contributed by atoms with Crippen LogP contribution in [0.1, 0.15) is 28.8 Å². The lowest BCUT2D eigenvalue weighted by atomic mass is 10.0. The molecule has 3 aromatic rings. The molecule has 1 aromatic carbocycles. The maximum atomic E-state index is 12.9. The van der Waals surface area contributed by atoms with Crippen LogP contribution in [-0.2, 0) is 35.5 Å². The fourth-order valence-electron chi connectivity index (χ4n) is 3.82. The summed E-state index contributed by atoms with van der Waals surface area (Å²) in [6.45, 7) is 2.45. The van der Waals surface area contributed by atoms with Crippen LogP contribution in [0.15, 0.2) is 41.5 Å². The second-order valence-electron chi connectivity index (χ2n) is 7.32. The predicted molar refractivity (Wildman–Crippen MR) is 114 cm³/mol. The van der Waals surface area contributed by atoms with E-state index in [0.717, 1.165) is 33.5 Å². The Morgan fingerprint density at radius 2 is 2.10 bits per heavy atom. The number of ether oxygens (including phenoxy) is 1. The third-order valence-electron chi connectivity index (χ3n) is 5.40. The van der Waals surface area contributed by atoms with Crippen LogP contribution in [0, 0.1) is 0 Å². The number of amides is 1. The molecular formula is C22H25N3O3S. The van der Waals surface area contributed by atoms with Gasteiger partial charge in [0.25, 0.3) is 5.56 Å². The summed E-state index contributed by atoms with van der Waals surface area (Å²) in [5.41, 5.74) is 2.28. The lowest BCUT2D eigenvalue weighted by Gasteiger charge is -2.27. The summed E-state index contributed by atoms with van der Waals surface area (Å²) in [5.74, 6) is 0.168. The van der Waals surface area contributed by atoms with Crippen molar-refractivity contribution < 1.29 is 9.53 Å². The number of carbonyl (C=O) groups is 1. The molecule has 0 radical (unpaired) electrons. The molecule has 152 valence electrons. The first-order valence-electron chi connectivity index (χ1n) is 9.97. The van der Waals surface area contributed by atoms with Crippen LogP contribution in [0.25, 0.3) is 10.2 Å². The van der Waals surface area contributed by atoms with Crippen LogP contribution in [-0.4, -0.2) is 40.6 Å². The highest BCUT2D eigenvalue weighted by atomic mass is 32.1. The summed E-state index contributed by atoms with van der Waals surface area (Å²) in [4.78, 5) is 33.9. The standard InChI is InChI=1S/C22H25N3O3S/c1-28-13-5-11-25-15-23-21-20(22(25)27)17-10-12-24(14-18(17)29-21)19(26)9-8-16-6-3-2-4-7-16/h2-4,6-7,15H,5,8-14H2,1H3. The molecule has 0 saturated heterocycles. The van der Waals surface area contributed by atoms with Gasteiger partial charge in [-0.1, -0.05) is 30.3 Å². The van der Waals surface area contributed by atoms with Crippen molar-refractivity contribution in [2.75, 3.05) is 20.3 Å². The van der Waals surface area contributed by atoms with Gasteiger partial charge in [-0.2, -0.15) is 0 Å². The summed E-state index contributed by atoms with van der Waals surface area (Å²) in [6, 6.07) is 10.1. The van der Waals surface area contributed by atoms with Gasteiger partial charge in [0.05, 0.1) is 18.3 Å². The Morgan fingerprint density at radius 3 is 2.90 bits per heavy atom. The van der Waals surface area contributed by atoms with E-state index in [2.05, 4.69) is 17.1 Å². The van der Waals surface area contributed by atoms with Gasteiger partial charge in [0.2, 0.25) is 5.91 Å². The molecule has 0 N–H and O–H groups in total. The lowest BCUT2D eigenvalue weighted by Crippen LogP contribution is -2.35. The molecule has 0 bridgehead atoms. The van der Waals surface area contributed by atoms with Crippen LogP contribution < -0.4 is 5.56 Å². The molecule has 0 aliphatic carbocycles.